The van der Waals surface area contributed by atoms with Crippen LogP contribution in [-0.4, -0.2) is 28.9 Å². The second-order valence-corrected chi connectivity index (χ2v) is 5.42. The van der Waals surface area contributed by atoms with Crippen molar-refractivity contribution in [2.24, 2.45) is 11.7 Å². The number of carbonyl (C=O) groups is 1. The number of nitrogens with one attached hydrogen (secondary N) is 1. The zero-order valence-corrected chi connectivity index (χ0v) is 10.9. The molecular weight excluding hydrogens is 238 g/mol. The molecule has 0 saturated carbocycles. The van der Waals surface area contributed by atoms with E-state index in [1.807, 2.05) is 6.20 Å². The van der Waals surface area contributed by atoms with Crippen LogP contribution in [0.2, 0.25) is 0 Å². The Morgan fingerprint density at radius 3 is 3.16 bits per heavy atom. The van der Waals surface area contributed by atoms with Crippen molar-refractivity contribution in [3.8, 4) is 0 Å². The van der Waals surface area contributed by atoms with Crippen LogP contribution in [0.1, 0.15) is 18.4 Å². The van der Waals surface area contributed by atoms with E-state index in [9.17, 15) is 4.79 Å². The average Bonchev–Trinajstić information content (AvgIpc) is 2.98. The number of likely N-dealkylation sites (tertiary alicyclic amines) is 1. The summed E-state index contributed by atoms with van der Waals surface area (Å²) in [6, 6.07) is 8.49. The van der Waals surface area contributed by atoms with Crippen LogP contribution in [-0.2, 0) is 11.3 Å². The lowest BCUT2D eigenvalue weighted by molar-refractivity contribution is -0.118. The van der Waals surface area contributed by atoms with Crippen LogP contribution in [0, 0.1) is 5.92 Å². The molecule has 100 valence electrons. The molecule has 2 heterocycles. The predicted octanol–water partition coefficient (Wildman–Crippen LogP) is 1.87. The summed E-state index contributed by atoms with van der Waals surface area (Å²) in [7, 11) is 0. The number of fused-ring (bicyclic) bond motifs is 1. The molecule has 0 spiro atoms. The normalized spacial score (nSPS) is 20.1. The maximum atomic E-state index is 11.0. The molecule has 1 aliphatic rings. The Balaban J connectivity index is 1.69. The maximum Gasteiger partial charge on any atom is 0.217 e. The molecule has 3 rings (SSSR count). The number of hydrogen-bond acceptors (Lipinski definition) is 2. The van der Waals surface area contributed by atoms with Gasteiger partial charge in [0.15, 0.2) is 0 Å². The number of carbonyl (C=O) groups excluding carboxylic acids is 1. The topological polar surface area (TPSA) is 62.1 Å². The molecule has 2 aromatic rings. The number of primary amides is 1. The zero-order valence-electron chi connectivity index (χ0n) is 10.9. The van der Waals surface area contributed by atoms with Crippen molar-refractivity contribution in [2.45, 2.75) is 19.4 Å². The molecule has 1 amide bonds. The van der Waals surface area contributed by atoms with Gasteiger partial charge < -0.3 is 10.7 Å². The standard InChI is InChI=1S/C15H19N3O/c16-15(19)8-11-5-7-18(9-11)10-12-2-1-3-14-13(12)4-6-17-14/h1-4,6,11,17H,5,7-10H2,(H2,16,19). The first-order valence-corrected chi connectivity index (χ1v) is 6.78. The minimum Gasteiger partial charge on any atom is -0.370 e. The molecule has 4 heteroatoms. The number of hydrogen-bond donors (Lipinski definition) is 2. The monoisotopic (exact) mass is 257 g/mol. The summed E-state index contributed by atoms with van der Waals surface area (Å²) in [5.74, 6) is 0.252. The highest BCUT2D eigenvalue weighted by atomic mass is 16.1. The van der Waals surface area contributed by atoms with Gasteiger partial charge in [-0.05, 0) is 36.6 Å². The van der Waals surface area contributed by atoms with Crippen LogP contribution in [0.3, 0.4) is 0 Å². The van der Waals surface area contributed by atoms with E-state index >= 15 is 0 Å². The van der Waals surface area contributed by atoms with E-state index in [-0.39, 0.29) is 5.91 Å². The van der Waals surface area contributed by atoms with E-state index in [4.69, 9.17) is 5.73 Å². The zero-order chi connectivity index (χ0) is 13.2. The summed E-state index contributed by atoms with van der Waals surface area (Å²) in [5, 5.41) is 1.29. The lowest BCUT2D eigenvalue weighted by Gasteiger charge is -2.16. The lowest BCUT2D eigenvalue weighted by Crippen LogP contribution is -2.22. The number of amides is 1. The first-order valence-electron chi connectivity index (χ1n) is 6.78. The summed E-state index contributed by atoms with van der Waals surface area (Å²) < 4.78 is 0. The minimum absolute atomic E-state index is 0.181. The van der Waals surface area contributed by atoms with Gasteiger partial charge in [-0.25, -0.2) is 0 Å². The quantitative estimate of drug-likeness (QED) is 0.878. The third-order valence-corrected chi connectivity index (χ3v) is 3.94. The van der Waals surface area contributed by atoms with Gasteiger partial charge in [0.05, 0.1) is 0 Å². The van der Waals surface area contributed by atoms with Gasteiger partial charge in [0.2, 0.25) is 5.91 Å². The first kappa shape index (κ1) is 12.2. The van der Waals surface area contributed by atoms with E-state index in [1.165, 1.54) is 16.5 Å². The number of benzene rings is 1. The van der Waals surface area contributed by atoms with Gasteiger partial charge in [0.1, 0.15) is 0 Å². The van der Waals surface area contributed by atoms with Crippen molar-refractivity contribution in [1.29, 1.82) is 0 Å². The van der Waals surface area contributed by atoms with Crippen molar-refractivity contribution < 1.29 is 4.79 Å². The van der Waals surface area contributed by atoms with Crippen molar-refractivity contribution in [3.63, 3.8) is 0 Å². The van der Waals surface area contributed by atoms with E-state index in [1.54, 1.807) is 0 Å². The van der Waals surface area contributed by atoms with E-state index in [2.05, 4.69) is 34.1 Å². The molecule has 1 aromatic heterocycles. The second-order valence-electron chi connectivity index (χ2n) is 5.42. The highest BCUT2D eigenvalue weighted by molar-refractivity contribution is 5.82. The fraction of sp³-hybridized carbons (Fsp3) is 0.400. The molecule has 1 saturated heterocycles. The summed E-state index contributed by atoms with van der Waals surface area (Å²) >= 11 is 0. The Morgan fingerprint density at radius 2 is 2.32 bits per heavy atom. The smallest absolute Gasteiger partial charge is 0.217 e. The van der Waals surface area contributed by atoms with Crippen LogP contribution in [0.5, 0.6) is 0 Å². The molecular formula is C15H19N3O. The molecule has 1 atom stereocenters. The van der Waals surface area contributed by atoms with Gasteiger partial charge in [0, 0.05) is 36.6 Å². The van der Waals surface area contributed by atoms with Gasteiger partial charge in [-0.1, -0.05) is 12.1 Å². The average molecular weight is 257 g/mol. The Kier molecular flexibility index (Phi) is 3.25. The minimum atomic E-state index is -0.181. The number of H-pyrrole nitrogens is 1. The van der Waals surface area contributed by atoms with E-state index in [0.717, 1.165) is 26.1 Å². The summed E-state index contributed by atoms with van der Waals surface area (Å²) in [4.78, 5) is 16.6. The summed E-state index contributed by atoms with van der Waals surface area (Å²) in [6.07, 6.45) is 3.57. The van der Waals surface area contributed by atoms with Gasteiger partial charge >= 0.3 is 0 Å². The molecule has 1 unspecified atom stereocenters. The van der Waals surface area contributed by atoms with Crippen molar-refractivity contribution in [3.05, 3.63) is 36.0 Å². The van der Waals surface area contributed by atoms with Crippen LogP contribution < -0.4 is 5.73 Å². The highest BCUT2D eigenvalue weighted by Gasteiger charge is 2.24. The fourth-order valence-corrected chi connectivity index (χ4v) is 3.04. The molecule has 4 nitrogen and oxygen atoms in total. The van der Waals surface area contributed by atoms with Crippen LogP contribution in [0.15, 0.2) is 30.5 Å². The summed E-state index contributed by atoms with van der Waals surface area (Å²) in [6.45, 7) is 2.98. The maximum absolute atomic E-state index is 11.0. The van der Waals surface area contributed by atoms with Crippen LogP contribution in [0.25, 0.3) is 10.9 Å². The lowest BCUT2D eigenvalue weighted by atomic mass is 10.1. The Bertz CT molecular complexity index is 590. The number of nitrogens with two attached hydrogens (primary N) is 1. The van der Waals surface area contributed by atoms with Crippen molar-refractivity contribution in [1.82, 2.24) is 9.88 Å². The third kappa shape index (κ3) is 2.63. The Morgan fingerprint density at radius 1 is 1.42 bits per heavy atom. The molecule has 3 N–H and O–H groups in total. The number of aromatic nitrogens is 1. The molecule has 0 radical (unpaired) electrons. The molecule has 1 aromatic carbocycles. The number of aromatic amines is 1. The van der Waals surface area contributed by atoms with E-state index in [0.29, 0.717) is 12.3 Å². The molecule has 1 fully saturated rings. The largest absolute Gasteiger partial charge is 0.370 e. The van der Waals surface area contributed by atoms with Crippen LogP contribution in [0.4, 0.5) is 0 Å². The number of rotatable bonds is 4. The second kappa shape index (κ2) is 5.05. The SMILES string of the molecule is NC(=O)CC1CCN(Cc2cccc3[nH]ccc23)C1. The van der Waals surface area contributed by atoms with Gasteiger partial charge in [-0.15, -0.1) is 0 Å². The Hall–Kier alpha value is -1.81. The predicted molar refractivity (Wildman–Crippen MR) is 75.5 cm³/mol. The molecule has 0 aliphatic carbocycles. The molecule has 19 heavy (non-hydrogen) atoms. The third-order valence-electron chi connectivity index (χ3n) is 3.94. The number of nitrogens with zero attached hydrogens (tertiary/aromatic N) is 1. The van der Waals surface area contributed by atoms with Gasteiger partial charge in [-0.3, -0.25) is 9.69 Å². The molecule has 1 aliphatic heterocycles. The van der Waals surface area contributed by atoms with Gasteiger partial charge in [-0.2, -0.15) is 0 Å². The first-order chi connectivity index (χ1) is 9.22. The van der Waals surface area contributed by atoms with Gasteiger partial charge in [0.25, 0.3) is 0 Å². The highest BCUT2D eigenvalue weighted by Crippen LogP contribution is 2.24. The van der Waals surface area contributed by atoms with Crippen molar-refractivity contribution >= 4 is 16.8 Å². The molecule has 0 bridgehead atoms. The Labute approximate surface area is 112 Å². The fourth-order valence-electron chi connectivity index (χ4n) is 3.04. The van der Waals surface area contributed by atoms with E-state index < -0.39 is 0 Å². The van der Waals surface area contributed by atoms with Crippen LogP contribution >= 0.6 is 0 Å². The summed E-state index contributed by atoms with van der Waals surface area (Å²) in [5.41, 5.74) is 7.80. The van der Waals surface area contributed by atoms with Crippen molar-refractivity contribution in [2.75, 3.05) is 13.1 Å².